The molecule has 2 heterocycles. The highest BCUT2D eigenvalue weighted by Gasteiger charge is 2.31. The predicted molar refractivity (Wildman–Crippen MR) is 76.7 cm³/mol. The number of anilines is 1. The van der Waals surface area contributed by atoms with Crippen LogP contribution in [-0.2, 0) is 22.4 Å². The number of carbonyl (C=O) groups excluding carboxylic acids is 1. The number of aryl methyl sites for hydroxylation is 1. The topological polar surface area (TPSA) is 105 Å². The third kappa shape index (κ3) is 2.81. The van der Waals surface area contributed by atoms with E-state index in [1.54, 1.807) is 4.90 Å². The van der Waals surface area contributed by atoms with E-state index in [1.807, 2.05) is 13.8 Å². The molecule has 2 rings (SSSR count). The number of nitriles is 1. The van der Waals surface area contributed by atoms with E-state index in [1.165, 1.54) is 0 Å². The minimum atomic E-state index is -0.614. The molecule has 1 fully saturated rings. The van der Waals surface area contributed by atoms with E-state index in [2.05, 4.69) is 16.3 Å². The van der Waals surface area contributed by atoms with E-state index in [0.29, 0.717) is 37.4 Å². The minimum Gasteiger partial charge on any atom is -0.377 e. The molecule has 1 aliphatic rings. The van der Waals surface area contributed by atoms with Crippen LogP contribution in [0.25, 0.3) is 0 Å². The number of aromatic nitrogens is 2. The Hall–Kier alpha value is -2.20. The average molecular weight is 289 g/mol. The SMILES string of the molecule is CCc1nnc(N2CCOCC2C(N)=O)c(C#N)c1CC. The van der Waals surface area contributed by atoms with Gasteiger partial charge in [-0.05, 0) is 18.4 Å². The third-order valence-corrected chi connectivity index (χ3v) is 3.67. The molecule has 1 atom stereocenters. The van der Waals surface area contributed by atoms with Gasteiger partial charge in [-0.3, -0.25) is 4.79 Å². The summed E-state index contributed by atoms with van der Waals surface area (Å²) >= 11 is 0. The van der Waals surface area contributed by atoms with Gasteiger partial charge in [-0.2, -0.15) is 10.4 Å². The van der Waals surface area contributed by atoms with Crippen LogP contribution in [0.2, 0.25) is 0 Å². The molecule has 0 bridgehead atoms. The first-order valence-electron chi connectivity index (χ1n) is 7.06. The first-order valence-corrected chi connectivity index (χ1v) is 7.06. The number of ether oxygens (including phenoxy) is 1. The molecule has 1 aromatic heterocycles. The molecule has 1 saturated heterocycles. The first-order chi connectivity index (χ1) is 10.1. The van der Waals surface area contributed by atoms with E-state index >= 15 is 0 Å². The van der Waals surface area contributed by atoms with Gasteiger partial charge in [0.05, 0.1) is 18.9 Å². The second-order valence-electron chi connectivity index (χ2n) is 4.83. The van der Waals surface area contributed by atoms with Crippen molar-refractivity contribution in [1.29, 1.82) is 5.26 Å². The van der Waals surface area contributed by atoms with Crippen molar-refractivity contribution < 1.29 is 9.53 Å². The summed E-state index contributed by atoms with van der Waals surface area (Å²) in [7, 11) is 0. The van der Waals surface area contributed by atoms with Gasteiger partial charge in [-0.25, -0.2) is 0 Å². The van der Waals surface area contributed by atoms with E-state index in [0.717, 1.165) is 11.3 Å². The van der Waals surface area contributed by atoms with Gasteiger partial charge in [0, 0.05) is 6.54 Å². The van der Waals surface area contributed by atoms with Gasteiger partial charge in [0.25, 0.3) is 0 Å². The molecule has 112 valence electrons. The quantitative estimate of drug-likeness (QED) is 0.846. The lowest BCUT2D eigenvalue weighted by Gasteiger charge is -2.34. The highest BCUT2D eigenvalue weighted by Crippen LogP contribution is 2.25. The summed E-state index contributed by atoms with van der Waals surface area (Å²) in [5.41, 5.74) is 7.61. The molecule has 7 heteroatoms. The van der Waals surface area contributed by atoms with Gasteiger partial charge < -0.3 is 15.4 Å². The number of morpholine rings is 1. The predicted octanol–water partition coefficient (Wildman–Crippen LogP) is 0.164. The largest absolute Gasteiger partial charge is 0.377 e. The maximum absolute atomic E-state index is 11.6. The van der Waals surface area contributed by atoms with Gasteiger partial charge in [0.2, 0.25) is 5.91 Å². The summed E-state index contributed by atoms with van der Waals surface area (Å²) in [5, 5.41) is 17.9. The van der Waals surface area contributed by atoms with Gasteiger partial charge in [0.1, 0.15) is 17.7 Å². The fraction of sp³-hybridized carbons (Fsp3) is 0.571. The number of amides is 1. The summed E-state index contributed by atoms with van der Waals surface area (Å²) in [5.74, 6) is -0.0587. The highest BCUT2D eigenvalue weighted by atomic mass is 16.5. The van der Waals surface area contributed by atoms with Gasteiger partial charge in [-0.15, -0.1) is 5.10 Å². The summed E-state index contributed by atoms with van der Waals surface area (Å²) in [6, 6.07) is 1.60. The molecule has 1 unspecified atom stereocenters. The molecule has 1 amide bonds. The molecule has 1 aliphatic heterocycles. The Morgan fingerprint density at radius 1 is 1.48 bits per heavy atom. The Morgan fingerprint density at radius 3 is 2.81 bits per heavy atom. The van der Waals surface area contributed by atoms with Crippen LogP contribution < -0.4 is 10.6 Å². The summed E-state index contributed by atoms with van der Waals surface area (Å²) < 4.78 is 5.30. The molecule has 2 N–H and O–H groups in total. The van der Waals surface area contributed by atoms with Gasteiger partial charge in [0.15, 0.2) is 5.82 Å². The summed E-state index contributed by atoms with van der Waals surface area (Å²) in [6.45, 7) is 5.09. The second-order valence-corrected chi connectivity index (χ2v) is 4.83. The fourth-order valence-electron chi connectivity index (χ4n) is 2.57. The Bertz CT molecular complexity index is 581. The van der Waals surface area contributed by atoms with E-state index in [9.17, 15) is 10.1 Å². The molecule has 0 radical (unpaired) electrons. The zero-order valence-electron chi connectivity index (χ0n) is 12.3. The average Bonchev–Trinajstić information content (AvgIpc) is 2.53. The number of nitrogens with zero attached hydrogens (tertiary/aromatic N) is 4. The Kier molecular flexibility index (Phi) is 4.70. The van der Waals surface area contributed by atoms with Crippen molar-refractivity contribution in [3.8, 4) is 6.07 Å². The monoisotopic (exact) mass is 289 g/mol. The van der Waals surface area contributed by atoms with Crippen molar-refractivity contribution in [3.05, 3.63) is 16.8 Å². The van der Waals surface area contributed by atoms with Crippen LogP contribution in [0.3, 0.4) is 0 Å². The number of nitrogens with two attached hydrogens (primary N) is 1. The molecular weight excluding hydrogens is 270 g/mol. The lowest BCUT2D eigenvalue weighted by molar-refractivity contribution is -0.121. The number of hydrogen-bond acceptors (Lipinski definition) is 6. The van der Waals surface area contributed by atoms with Gasteiger partial charge in [-0.1, -0.05) is 13.8 Å². The van der Waals surface area contributed by atoms with E-state index in [4.69, 9.17) is 10.5 Å². The highest BCUT2D eigenvalue weighted by molar-refractivity contribution is 5.84. The Balaban J connectivity index is 2.52. The summed E-state index contributed by atoms with van der Waals surface area (Å²) in [4.78, 5) is 13.3. The van der Waals surface area contributed by atoms with Crippen LogP contribution in [0.1, 0.15) is 30.7 Å². The van der Waals surface area contributed by atoms with Crippen molar-refractivity contribution >= 4 is 11.7 Å². The zero-order valence-corrected chi connectivity index (χ0v) is 12.3. The van der Waals surface area contributed by atoms with Crippen LogP contribution >= 0.6 is 0 Å². The van der Waals surface area contributed by atoms with Crippen molar-refractivity contribution in [3.63, 3.8) is 0 Å². The molecule has 0 aromatic carbocycles. The molecule has 7 nitrogen and oxygen atoms in total. The molecule has 21 heavy (non-hydrogen) atoms. The molecule has 1 aromatic rings. The van der Waals surface area contributed by atoms with Crippen LogP contribution in [0, 0.1) is 11.3 Å². The minimum absolute atomic E-state index is 0.207. The fourth-order valence-corrected chi connectivity index (χ4v) is 2.57. The molecular formula is C14H19N5O2. The lowest BCUT2D eigenvalue weighted by atomic mass is 10.0. The van der Waals surface area contributed by atoms with Crippen LogP contribution in [-0.4, -0.2) is 41.9 Å². The number of carbonyl (C=O) groups is 1. The maximum atomic E-state index is 11.6. The van der Waals surface area contributed by atoms with Crippen molar-refractivity contribution in [1.82, 2.24) is 10.2 Å². The third-order valence-electron chi connectivity index (χ3n) is 3.67. The standard InChI is InChI=1S/C14H19N5O2/c1-3-9-10(7-15)14(18-17-11(9)4-2)19-5-6-21-8-12(19)13(16)20/h12H,3-6,8H2,1-2H3,(H2,16,20). The lowest BCUT2D eigenvalue weighted by Crippen LogP contribution is -2.53. The zero-order chi connectivity index (χ0) is 15.4. The van der Waals surface area contributed by atoms with Gasteiger partial charge >= 0.3 is 0 Å². The summed E-state index contributed by atoms with van der Waals surface area (Å²) in [6.07, 6.45) is 1.41. The molecule has 0 spiro atoms. The van der Waals surface area contributed by atoms with Crippen LogP contribution in [0.15, 0.2) is 0 Å². The van der Waals surface area contributed by atoms with Crippen LogP contribution in [0.5, 0.6) is 0 Å². The smallest absolute Gasteiger partial charge is 0.242 e. The Labute approximate surface area is 123 Å². The Morgan fingerprint density at radius 2 is 2.24 bits per heavy atom. The number of hydrogen-bond donors (Lipinski definition) is 1. The maximum Gasteiger partial charge on any atom is 0.242 e. The van der Waals surface area contributed by atoms with Crippen molar-refractivity contribution in [2.75, 3.05) is 24.7 Å². The van der Waals surface area contributed by atoms with Crippen molar-refractivity contribution in [2.24, 2.45) is 5.73 Å². The second kappa shape index (κ2) is 6.50. The number of rotatable bonds is 4. The first kappa shape index (κ1) is 15.2. The van der Waals surface area contributed by atoms with E-state index in [-0.39, 0.29) is 6.61 Å². The van der Waals surface area contributed by atoms with Crippen LogP contribution in [0.4, 0.5) is 5.82 Å². The van der Waals surface area contributed by atoms with Crippen molar-refractivity contribution in [2.45, 2.75) is 32.7 Å². The van der Waals surface area contributed by atoms with E-state index < -0.39 is 11.9 Å². The molecule has 0 aliphatic carbocycles. The molecule has 0 saturated carbocycles. The number of primary amides is 1. The normalized spacial score (nSPS) is 18.3.